The summed E-state index contributed by atoms with van der Waals surface area (Å²) in [5.41, 5.74) is 1.50. The molecule has 0 fully saturated rings. The van der Waals surface area contributed by atoms with E-state index in [0.717, 1.165) is 0 Å². The van der Waals surface area contributed by atoms with Gasteiger partial charge in [-0.15, -0.1) is 6.58 Å². The molecule has 0 aromatic rings. The van der Waals surface area contributed by atoms with Crippen LogP contribution >= 0.6 is 0 Å². The molecule has 0 aromatic carbocycles. The van der Waals surface area contributed by atoms with Crippen LogP contribution in [0, 0.1) is 11.8 Å². The van der Waals surface area contributed by atoms with Gasteiger partial charge in [0.15, 0.2) is 0 Å². The number of hydrogen-bond donors (Lipinski definition) is 0. The highest BCUT2D eigenvalue weighted by Gasteiger charge is 2.05. The van der Waals surface area contributed by atoms with E-state index in [1.165, 1.54) is 18.4 Å². The summed E-state index contributed by atoms with van der Waals surface area (Å²) >= 11 is 0. The summed E-state index contributed by atoms with van der Waals surface area (Å²) in [4.78, 5) is 0. The lowest BCUT2D eigenvalue weighted by Crippen LogP contribution is -2.02. The van der Waals surface area contributed by atoms with E-state index in [-0.39, 0.29) is 0 Å². The van der Waals surface area contributed by atoms with Crippen LogP contribution in [-0.2, 0) is 0 Å². The SMILES string of the molecule is C=CC(C=C(C)CCC)C(C)C. The third kappa shape index (κ3) is 4.38. The van der Waals surface area contributed by atoms with Crippen LogP contribution in [0.3, 0.4) is 0 Å². The van der Waals surface area contributed by atoms with E-state index in [4.69, 9.17) is 0 Å². The minimum atomic E-state index is 0.552. The van der Waals surface area contributed by atoms with Crippen LogP contribution in [0.2, 0.25) is 0 Å². The molecule has 0 amide bonds. The first-order chi connectivity index (χ1) is 5.61. The van der Waals surface area contributed by atoms with Gasteiger partial charge in [0.1, 0.15) is 0 Å². The van der Waals surface area contributed by atoms with Gasteiger partial charge < -0.3 is 0 Å². The first-order valence-electron chi connectivity index (χ1n) is 4.91. The summed E-state index contributed by atoms with van der Waals surface area (Å²) in [5, 5.41) is 0. The van der Waals surface area contributed by atoms with Gasteiger partial charge in [-0.25, -0.2) is 0 Å². The molecule has 0 aromatic heterocycles. The zero-order valence-electron chi connectivity index (χ0n) is 8.93. The third-order valence-electron chi connectivity index (χ3n) is 2.16. The molecule has 0 aliphatic rings. The Hall–Kier alpha value is -0.520. The van der Waals surface area contributed by atoms with Gasteiger partial charge in [0.05, 0.1) is 0 Å². The number of allylic oxidation sites excluding steroid dienone is 3. The molecule has 0 rings (SSSR count). The first-order valence-corrected chi connectivity index (χ1v) is 4.91. The predicted molar refractivity (Wildman–Crippen MR) is 57.2 cm³/mol. The van der Waals surface area contributed by atoms with Gasteiger partial charge in [-0.3, -0.25) is 0 Å². The molecular weight excluding hydrogens is 144 g/mol. The summed E-state index contributed by atoms with van der Waals surface area (Å²) in [5.74, 6) is 1.23. The topological polar surface area (TPSA) is 0 Å². The van der Waals surface area contributed by atoms with Crippen LogP contribution in [-0.4, -0.2) is 0 Å². The predicted octanol–water partition coefficient (Wildman–Crippen LogP) is 4.19. The standard InChI is InChI=1S/C12H22/c1-6-8-11(5)9-12(7-2)10(3)4/h7,9-10,12H,2,6,8H2,1,3-5H3. The second-order valence-corrected chi connectivity index (χ2v) is 3.82. The van der Waals surface area contributed by atoms with Gasteiger partial charge in [-0.1, -0.05) is 44.9 Å². The second kappa shape index (κ2) is 6.05. The van der Waals surface area contributed by atoms with Crippen molar-refractivity contribution < 1.29 is 0 Å². The molecule has 0 saturated heterocycles. The first kappa shape index (κ1) is 11.5. The molecule has 0 saturated carbocycles. The van der Waals surface area contributed by atoms with Crippen LogP contribution in [0.4, 0.5) is 0 Å². The van der Waals surface area contributed by atoms with E-state index in [0.29, 0.717) is 11.8 Å². The Bertz CT molecular complexity index is 151. The fourth-order valence-corrected chi connectivity index (χ4v) is 1.34. The quantitative estimate of drug-likeness (QED) is 0.537. The lowest BCUT2D eigenvalue weighted by molar-refractivity contribution is 0.547. The number of rotatable bonds is 5. The van der Waals surface area contributed by atoms with E-state index < -0.39 is 0 Å². The highest BCUT2D eigenvalue weighted by molar-refractivity contribution is 5.06. The maximum atomic E-state index is 3.85. The molecule has 0 spiro atoms. The highest BCUT2D eigenvalue weighted by atomic mass is 14.1. The van der Waals surface area contributed by atoms with Crippen molar-refractivity contribution >= 4 is 0 Å². The molecule has 0 heteroatoms. The average molecular weight is 166 g/mol. The summed E-state index contributed by atoms with van der Waals surface area (Å²) in [6.45, 7) is 12.8. The molecule has 0 N–H and O–H groups in total. The number of hydrogen-bond acceptors (Lipinski definition) is 0. The maximum Gasteiger partial charge on any atom is -0.00306 e. The van der Waals surface area contributed by atoms with Crippen LogP contribution in [0.15, 0.2) is 24.3 Å². The lowest BCUT2D eigenvalue weighted by Gasteiger charge is -2.13. The van der Waals surface area contributed by atoms with E-state index in [9.17, 15) is 0 Å². The molecule has 1 atom stereocenters. The molecule has 70 valence electrons. The van der Waals surface area contributed by atoms with Gasteiger partial charge in [-0.05, 0) is 25.2 Å². The van der Waals surface area contributed by atoms with E-state index in [1.54, 1.807) is 0 Å². The van der Waals surface area contributed by atoms with Gasteiger partial charge in [0, 0.05) is 0 Å². The normalized spacial score (nSPS) is 14.9. The molecule has 12 heavy (non-hydrogen) atoms. The lowest BCUT2D eigenvalue weighted by atomic mass is 9.93. The molecular formula is C12H22. The molecule has 0 nitrogen and oxygen atoms in total. The summed E-state index contributed by atoms with van der Waals surface area (Å²) < 4.78 is 0. The van der Waals surface area contributed by atoms with Crippen LogP contribution < -0.4 is 0 Å². The Labute approximate surface area is 77.4 Å². The highest BCUT2D eigenvalue weighted by Crippen LogP contribution is 2.17. The van der Waals surface area contributed by atoms with Crippen molar-refractivity contribution in [3.05, 3.63) is 24.3 Å². The minimum absolute atomic E-state index is 0.552. The van der Waals surface area contributed by atoms with Crippen molar-refractivity contribution in [1.82, 2.24) is 0 Å². The largest absolute Gasteiger partial charge is 0.102 e. The van der Waals surface area contributed by atoms with Crippen molar-refractivity contribution in [2.75, 3.05) is 0 Å². The van der Waals surface area contributed by atoms with Gasteiger partial charge in [0.2, 0.25) is 0 Å². The van der Waals surface area contributed by atoms with Crippen molar-refractivity contribution in [1.29, 1.82) is 0 Å². The van der Waals surface area contributed by atoms with Gasteiger partial charge in [-0.2, -0.15) is 0 Å². The van der Waals surface area contributed by atoms with Crippen LogP contribution in [0.1, 0.15) is 40.5 Å². The van der Waals surface area contributed by atoms with Crippen LogP contribution in [0.5, 0.6) is 0 Å². The zero-order valence-corrected chi connectivity index (χ0v) is 8.93. The van der Waals surface area contributed by atoms with E-state index in [1.807, 2.05) is 6.08 Å². The van der Waals surface area contributed by atoms with Crippen molar-refractivity contribution in [3.8, 4) is 0 Å². The Kier molecular flexibility index (Phi) is 5.79. The molecule has 1 unspecified atom stereocenters. The van der Waals surface area contributed by atoms with Crippen molar-refractivity contribution in [2.24, 2.45) is 11.8 Å². The average Bonchev–Trinajstić information content (AvgIpc) is 2.00. The second-order valence-electron chi connectivity index (χ2n) is 3.82. The molecule has 0 bridgehead atoms. The zero-order chi connectivity index (χ0) is 9.56. The molecule has 0 aliphatic heterocycles. The van der Waals surface area contributed by atoms with Crippen LogP contribution in [0.25, 0.3) is 0 Å². The smallest absolute Gasteiger partial charge is 0.00306 e. The Balaban J connectivity index is 4.15. The van der Waals surface area contributed by atoms with Crippen molar-refractivity contribution in [2.45, 2.75) is 40.5 Å². The maximum absolute atomic E-state index is 3.85. The fraction of sp³-hybridized carbons (Fsp3) is 0.667. The summed E-state index contributed by atoms with van der Waals surface area (Å²) in [7, 11) is 0. The summed E-state index contributed by atoms with van der Waals surface area (Å²) in [6, 6.07) is 0. The molecule has 0 radical (unpaired) electrons. The monoisotopic (exact) mass is 166 g/mol. The summed E-state index contributed by atoms with van der Waals surface area (Å²) in [6.07, 6.45) is 6.85. The third-order valence-corrected chi connectivity index (χ3v) is 2.16. The molecule has 0 heterocycles. The van der Waals surface area contributed by atoms with Gasteiger partial charge in [0.25, 0.3) is 0 Å². The van der Waals surface area contributed by atoms with E-state index in [2.05, 4.69) is 40.3 Å². The Morgan fingerprint density at radius 1 is 1.42 bits per heavy atom. The molecule has 0 aliphatic carbocycles. The fourth-order valence-electron chi connectivity index (χ4n) is 1.34. The Morgan fingerprint density at radius 3 is 2.33 bits per heavy atom. The minimum Gasteiger partial charge on any atom is -0.102 e. The van der Waals surface area contributed by atoms with E-state index >= 15 is 0 Å². The van der Waals surface area contributed by atoms with Crippen molar-refractivity contribution in [3.63, 3.8) is 0 Å². The Morgan fingerprint density at radius 2 is 2.00 bits per heavy atom. The van der Waals surface area contributed by atoms with Gasteiger partial charge >= 0.3 is 0 Å².